The molecule has 9 heteroatoms. The molecule has 0 bridgehead atoms. The van der Waals surface area contributed by atoms with Gasteiger partial charge in [0.25, 0.3) is 11.8 Å². The topological polar surface area (TPSA) is 105 Å². The average molecular weight is 429 g/mol. The van der Waals surface area contributed by atoms with Crippen LogP contribution in [0.4, 0.5) is 5.00 Å². The van der Waals surface area contributed by atoms with Crippen LogP contribution in [0.5, 0.6) is 0 Å². The van der Waals surface area contributed by atoms with Crippen LogP contribution in [0.15, 0.2) is 42.0 Å². The second-order valence-corrected chi connectivity index (χ2v) is 8.63. The first-order valence-electron chi connectivity index (χ1n) is 8.78. The lowest BCUT2D eigenvalue weighted by Crippen LogP contribution is -2.37. The number of primary amides is 1. The summed E-state index contributed by atoms with van der Waals surface area (Å²) in [5.41, 5.74) is 6.98. The quantitative estimate of drug-likeness (QED) is 0.603. The van der Waals surface area contributed by atoms with E-state index in [4.69, 9.17) is 5.73 Å². The molecule has 0 atom stereocenters. The lowest BCUT2D eigenvalue weighted by Gasteiger charge is -2.21. The summed E-state index contributed by atoms with van der Waals surface area (Å²) >= 11 is 2.80. The van der Waals surface area contributed by atoms with Gasteiger partial charge in [0.05, 0.1) is 12.1 Å². The van der Waals surface area contributed by atoms with E-state index < -0.39 is 11.8 Å². The number of anilines is 1. The molecule has 0 aliphatic rings. The van der Waals surface area contributed by atoms with Crippen LogP contribution in [0.1, 0.15) is 36.0 Å². The number of amides is 3. The van der Waals surface area contributed by atoms with Gasteiger partial charge in [0.2, 0.25) is 5.91 Å². The lowest BCUT2D eigenvalue weighted by atomic mass is 10.1. The number of rotatable bonds is 7. The van der Waals surface area contributed by atoms with Gasteiger partial charge in [-0.25, -0.2) is 0 Å². The van der Waals surface area contributed by atoms with E-state index in [9.17, 15) is 14.4 Å². The Bertz CT molecular complexity index is 1030. The molecule has 150 valence electrons. The number of hydrogen-bond donors (Lipinski definition) is 2. The fourth-order valence-electron chi connectivity index (χ4n) is 2.82. The van der Waals surface area contributed by atoms with Crippen molar-refractivity contribution in [2.75, 3.05) is 11.9 Å². The van der Waals surface area contributed by atoms with Crippen LogP contribution in [0.3, 0.4) is 0 Å². The molecule has 0 spiro atoms. The fourth-order valence-corrected chi connectivity index (χ4v) is 4.62. The molecule has 0 unspecified atom stereocenters. The second-order valence-electron chi connectivity index (χ2n) is 6.38. The van der Waals surface area contributed by atoms with Crippen molar-refractivity contribution in [1.82, 2.24) is 9.88 Å². The van der Waals surface area contributed by atoms with E-state index in [-0.39, 0.29) is 12.5 Å². The summed E-state index contributed by atoms with van der Waals surface area (Å²) in [7, 11) is 0. The molecular formula is C20H20N4O3S2. The van der Waals surface area contributed by atoms with E-state index in [0.717, 1.165) is 15.3 Å². The van der Waals surface area contributed by atoms with Crippen LogP contribution in [0.25, 0.3) is 0 Å². The van der Waals surface area contributed by atoms with Crippen LogP contribution >= 0.6 is 22.7 Å². The Morgan fingerprint density at radius 3 is 2.52 bits per heavy atom. The Morgan fingerprint density at radius 1 is 1.17 bits per heavy atom. The molecule has 0 saturated carbocycles. The molecule has 0 aliphatic heterocycles. The summed E-state index contributed by atoms with van der Waals surface area (Å²) < 4.78 is 0. The maximum atomic E-state index is 12.9. The standard InChI is InChI=1S/C20H20N4O3S2/c1-12-13(2)29-19(17(12)18(21)26)23-16(25)11-24(10-15-4-3-9-28-15)20(27)14-5-7-22-8-6-14/h3-9H,10-11H2,1-2H3,(H2,21,26)(H,23,25). The van der Waals surface area contributed by atoms with Crippen LogP contribution in [0.2, 0.25) is 0 Å². The average Bonchev–Trinajstić information content (AvgIpc) is 3.29. The van der Waals surface area contributed by atoms with E-state index in [1.807, 2.05) is 24.4 Å². The Morgan fingerprint density at radius 2 is 1.90 bits per heavy atom. The smallest absolute Gasteiger partial charge is 0.254 e. The molecule has 7 nitrogen and oxygen atoms in total. The molecule has 0 aliphatic carbocycles. The number of thiophene rings is 2. The molecule has 3 amide bonds. The predicted octanol–water partition coefficient (Wildman–Crippen LogP) is 3.20. The number of carbonyl (C=O) groups excluding carboxylic acids is 3. The van der Waals surface area contributed by atoms with Crippen molar-refractivity contribution >= 4 is 45.4 Å². The third kappa shape index (κ3) is 4.87. The summed E-state index contributed by atoms with van der Waals surface area (Å²) in [6.07, 6.45) is 3.07. The van der Waals surface area contributed by atoms with Crippen molar-refractivity contribution in [3.05, 3.63) is 68.5 Å². The molecule has 3 heterocycles. The molecule has 3 N–H and O–H groups in total. The Hall–Kier alpha value is -3.04. The number of aromatic nitrogens is 1. The van der Waals surface area contributed by atoms with Crippen molar-refractivity contribution in [2.24, 2.45) is 5.73 Å². The van der Waals surface area contributed by atoms with Gasteiger partial charge in [-0.15, -0.1) is 22.7 Å². The largest absolute Gasteiger partial charge is 0.365 e. The zero-order valence-corrected chi connectivity index (χ0v) is 17.6. The fraction of sp³-hybridized carbons (Fsp3) is 0.200. The Labute approximate surface area is 176 Å². The van der Waals surface area contributed by atoms with Crippen molar-refractivity contribution in [3.8, 4) is 0 Å². The number of pyridine rings is 1. The Kier molecular flexibility index (Phi) is 6.40. The summed E-state index contributed by atoms with van der Waals surface area (Å²) in [6, 6.07) is 7.02. The lowest BCUT2D eigenvalue weighted by molar-refractivity contribution is -0.117. The molecular weight excluding hydrogens is 408 g/mol. The Balaban J connectivity index is 1.80. The predicted molar refractivity (Wildman–Crippen MR) is 114 cm³/mol. The number of nitrogens with zero attached hydrogens (tertiary/aromatic N) is 2. The highest BCUT2D eigenvalue weighted by atomic mass is 32.1. The van der Waals surface area contributed by atoms with E-state index in [1.165, 1.54) is 40.0 Å². The van der Waals surface area contributed by atoms with Gasteiger partial charge in [-0.05, 0) is 43.0 Å². The van der Waals surface area contributed by atoms with Crippen LogP contribution < -0.4 is 11.1 Å². The van der Waals surface area contributed by atoms with Crippen molar-refractivity contribution in [2.45, 2.75) is 20.4 Å². The maximum absolute atomic E-state index is 12.9. The molecule has 0 fully saturated rings. The molecule has 0 radical (unpaired) electrons. The van der Waals surface area contributed by atoms with E-state index in [0.29, 0.717) is 22.7 Å². The number of nitrogens with one attached hydrogen (secondary N) is 1. The third-order valence-electron chi connectivity index (χ3n) is 4.36. The number of aryl methyl sites for hydroxylation is 1. The van der Waals surface area contributed by atoms with Gasteiger partial charge in [-0.2, -0.15) is 0 Å². The molecule has 3 aromatic rings. The summed E-state index contributed by atoms with van der Waals surface area (Å²) in [5, 5.41) is 5.07. The van der Waals surface area contributed by atoms with Crippen molar-refractivity contribution < 1.29 is 14.4 Å². The SMILES string of the molecule is Cc1sc(NC(=O)CN(Cc2cccs2)C(=O)c2ccncc2)c(C(N)=O)c1C. The minimum Gasteiger partial charge on any atom is -0.365 e. The molecule has 3 rings (SSSR count). The van der Waals surface area contributed by atoms with Crippen molar-refractivity contribution in [3.63, 3.8) is 0 Å². The number of hydrogen-bond acceptors (Lipinski definition) is 6. The van der Waals surface area contributed by atoms with Crippen molar-refractivity contribution in [1.29, 1.82) is 0 Å². The van der Waals surface area contributed by atoms with Gasteiger partial charge in [0.15, 0.2) is 0 Å². The third-order valence-corrected chi connectivity index (χ3v) is 6.34. The van der Waals surface area contributed by atoms with E-state index in [2.05, 4.69) is 10.3 Å². The summed E-state index contributed by atoms with van der Waals surface area (Å²) in [5.74, 6) is -1.26. The second kappa shape index (κ2) is 8.97. The monoisotopic (exact) mass is 428 g/mol. The normalized spacial score (nSPS) is 10.6. The zero-order chi connectivity index (χ0) is 21.0. The van der Waals surface area contributed by atoms with Gasteiger partial charge in [0, 0.05) is 27.7 Å². The zero-order valence-electron chi connectivity index (χ0n) is 16.0. The number of carbonyl (C=O) groups is 3. The summed E-state index contributed by atoms with van der Waals surface area (Å²) in [4.78, 5) is 44.7. The first kappa shape index (κ1) is 20.7. The van der Waals surface area contributed by atoms with Gasteiger partial charge >= 0.3 is 0 Å². The summed E-state index contributed by atoms with van der Waals surface area (Å²) in [6.45, 7) is 3.79. The molecule has 3 aromatic heterocycles. The van der Waals surface area contributed by atoms with Gasteiger partial charge in [-0.3, -0.25) is 19.4 Å². The minimum absolute atomic E-state index is 0.159. The first-order valence-corrected chi connectivity index (χ1v) is 10.5. The highest BCUT2D eigenvalue weighted by Crippen LogP contribution is 2.32. The highest BCUT2D eigenvalue weighted by molar-refractivity contribution is 7.16. The van der Waals surface area contributed by atoms with Crippen LogP contribution in [0, 0.1) is 13.8 Å². The first-order chi connectivity index (χ1) is 13.9. The van der Waals surface area contributed by atoms with E-state index in [1.54, 1.807) is 19.1 Å². The highest BCUT2D eigenvalue weighted by Gasteiger charge is 2.23. The number of nitrogens with two attached hydrogens (primary N) is 1. The molecule has 0 aromatic carbocycles. The van der Waals surface area contributed by atoms with Gasteiger partial charge in [0.1, 0.15) is 11.5 Å². The molecule has 29 heavy (non-hydrogen) atoms. The van der Waals surface area contributed by atoms with Crippen LogP contribution in [-0.4, -0.2) is 34.2 Å². The minimum atomic E-state index is -0.592. The van der Waals surface area contributed by atoms with Crippen LogP contribution in [-0.2, 0) is 11.3 Å². The maximum Gasteiger partial charge on any atom is 0.254 e. The molecule has 0 saturated heterocycles. The van der Waals surface area contributed by atoms with Gasteiger partial charge < -0.3 is 16.0 Å². The van der Waals surface area contributed by atoms with E-state index >= 15 is 0 Å². The van der Waals surface area contributed by atoms with Gasteiger partial charge in [-0.1, -0.05) is 6.07 Å².